The topological polar surface area (TPSA) is 86.7 Å². The predicted molar refractivity (Wildman–Crippen MR) is 105 cm³/mol. The number of hydrogen-bond acceptors (Lipinski definition) is 6. The van der Waals surface area contributed by atoms with Gasteiger partial charge in [-0.15, -0.1) is 0 Å². The van der Waals surface area contributed by atoms with Gasteiger partial charge in [-0.1, -0.05) is 54.6 Å². The lowest BCUT2D eigenvalue weighted by molar-refractivity contribution is -0.166. The number of halogens is 3. The van der Waals surface area contributed by atoms with Gasteiger partial charge in [0.15, 0.2) is 0 Å². The first-order valence-electron chi connectivity index (χ1n) is 9.60. The highest BCUT2D eigenvalue weighted by atomic mass is 19.4. The van der Waals surface area contributed by atoms with Gasteiger partial charge in [0, 0.05) is 0 Å². The van der Waals surface area contributed by atoms with Crippen molar-refractivity contribution < 1.29 is 41.8 Å². The van der Waals surface area contributed by atoms with Gasteiger partial charge >= 0.3 is 30.1 Å². The fraction of sp³-hybridized carbons (Fsp3) is 0.0833. The molecule has 33 heavy (non-hydrogen) atoms. The molecule has 9 heteroatoms. The van der Waals surface area contributed by atoms with Gasteiger partial charge in [0.1, 0.15) is 5.41 Å². The Labute approximate surface area is 183 Å². The Morgan fingerprint density at radius 3 is 1.42 bits per heavy atom. The number of fused-ring (bicyclic) bond motifs is 2. The van der Waals surface area contributed by atoms with Crippen LogP contribution in [0.5, 0.6) is 0 Å². The van der Waals surface area contributed by atoms with E-state index < -0.39 is 57.7 Å². The maximum absolute atomic E-state index is 15.3. The van der Waals surface area contributed by atoms with Crippen LogP contribution in [0.1, 0.15) is 58.1 Å². The van der Waals surface area contributed by atoms with E-state index in [9.17, 15) is 19.2 Å². The summed E-state index contributed by atoms with van der Waals surface area (Å²) >= 11 is 0. The third-order valence-corrected chi connectivity index (χ3v) is 5.79. The Kier molecular flexibility index (Phi) is 4.29. The van der Waals surface area contributed by atoms with Crippen LogP contribution >= 0.6 is 0 Å². The average molecular weight is 452 g/mol. The summed E-state index contributed by atoms with van der Waals surface area (Å²) in [5.74, 6) is -4.62. The number of benzene rings is 3. The van der Waals surface area contributed by atoms with Gasteiger partial charge < -0.3 is 9.47 Å². The minimum absolute atomic E-state index is 0.326. The van der Waals surface area contributed by atoms with Crippen molar-refractivity contribution >= 4 is 23.9 Å². The number of ether oxygens (including phenoxy) is 2. The van der Waals surface area contributed by atoms with E-state index in [1.807, 2.05) is 0 Å². The monoisotopic (exact) mass is 452 g/mol. The largest absolute Gasteiger partial charge is 0.406 e. The summed E-state index contributed by atoms with van der Waals surface area (Å²) < 4.78 is 55.2. The zero-order chi connectivity index (χ0) is 23.5. The van der Waals surface area contributed by atoms with E-state index in [2.05, 4.69) is 9.47 Å². The Balaban J connectivity index is 2.01. The van der Waals surface area contributed by atoms with Gasteiger partial charge in [-0.3, -0.25) is 0 Å². The highest BCUT2D eigenvalue weighted by molar-refractivity contribution is 6.17. The number of alkyl halides is 3. The Morgan fingerprint density at radius 1 is 0.545 bits per heavy atom. The zero-order valence-electron chi connectivity index (χ0n) is 16.4. The first-order valence-corrected chi connectivity index (χ1v) is 9.60. The van der Waals surface area contributed by atoms with Crippen molar-refractivity contribution in [3.8, 4) is 0 Å². The predicted octanol–water partition coefficient (Wildman–Crippen LogP) is 4.20. The van der Waals surface area contributed by atoms with Crippen LogP contribution in [0, 0.1) is 0 Å². The molecular formula is C24H11F3O6. The molecule has 0 fully saturated rings. The number of carbonyl (C=O) groups is 4. The van der Waals surface area contributed by atoms with Crippen molar-refractivity contribution in [3.63, 3.8) is 0 Å². The summed E-state index contributed by atoms with van der Waals surface area (Å²) in [6.07, 6.45) is -5.14. The quantitative estimate of drug-likeness (QED) is 0.336. The van der Waals surface area contributed by atoms with Gasteiger partial charge in [0.25, 0.3) is 0 Å². The summed E-state index contributed by atoms with van der Waals surface area (Å²) in [5.41, 5.74) is -6.42. The van der Waals surface area contributed by atoms with Crippen molar-refractivity contribution in [1.29, 1.82) is 0 Å². The molecule has 0 aromatic heterocycles. The van der Waals surface area contributed by atoms with Gasteiger partial charge in [0.2, 0.25) is 0 Å². The fourth-order valence-corrected chi connectivity index (χ4v) is 4.50. The van der Waals surface area contributed by atoms with Crippen molar-refractivity contribution in [2.45, 2.75) is 11.6 Å². The van der Waals surface area contributed by atoms with Gasteiger partial charge in [0.05, 0.1) is 22.3 Å². The molecule has 0 amide bonds. The molecular weight excluding hydrogens is 441 g/mol. The molecule has 2 heterocycles. The molecule has 0 N–H and O–H groups in total. The molecule has 0 bridgehead atoms. The number of carbonyl (C=O) groups excluding carboxylic acids is 4. The van der Waals surface area contributed by atoms with Gasteiger partial charge in [-0.05, 0) is 28.8 Å². The molecule has 0 spiro atoms. The molecule has 0 unspecified atom stereocenters. The SMILES string of the molecule is O=C1OC(=O)c2c1cccc2C(c1ccccc1)(c1cccc2c1C(=O)OC2=O)C(F)(F)F. The maximum Gasteiger partial charge on any atom is 0.406 e. The highest BCUT2D eigenvalue weighted by Gasteiger charge is 2.62. The van der Waals surface area contributed by atoms with Crippen molar-refractivity contribution in [3.05, 3.63) is 106 Å². The van der Waals surface area contributed by atoms with Crippen LogP contribution in [0.4, 0.5) is 13.2 Å². The van der Waals surface area contributed by atoms with Gasteiger partial charge in [-0.25, -0.2) is 19.2 Å². The van der Waals surface area contributed by atoms with E-state index >= 15 is 13.2 Å². The summed E-state index contributed by atoms with van der Waals surface area (Å²) in [5, 5.41) is 0. The standard InChI is InChI=1S/C24H11F3O6/c25-24(26,27)23(12-6-2-1-3-7-12,15-10-4-8-13-17(15)21(30)32-19(13)28)16-11-5-9-14-18(16)22(31)33-20(14)29/h1-11H. The maximum atomic E-state index is 15.3. The molecule has 0 atom stereocenters. The van der Waals surface area contributed by atoms with E-state index in [0.717, 1.165) is 12.1 Å². The Bertz CT molecular complexity index is 1300. The van der Waals surface area contributed by atoms with E-state index in [-0.39, 0.29) is 16.7 Å². The number of esters is 4. The van der Waals surface area contributed by atoms with Crippen LogP contribution in [-0.4, -0.2) is 30.1 Å². The summed E-state index contributed by atoms with van der Waals surface area (Å²) in [6.45, 7) is 0. The Hall–Kier alpha value is -4.27. The fourth-order valence-electron chi connectivity index (χ4n) is 4.50. The van der Waals surface area contributed by atoms with E-state index in [4.69, 9.17) is 0 Å². The normalized spacial score (nSPS) is 15.2. The number of hydrogen-bond donors (Lipinski definition) is 0. The van der Waals surface area contributed by atoms with Crippen molar-refractivity contribution in [1.82, 2.24) is 0 Å². The molecule has 0 saturated heterocycles. The van der Waals surface area contributed by atoms with E-state index in [1.165, 1.54) is 54.6 Å². The van der Waals surface area contributed by atoms with Crippen LogP contribution in [0.15, 0.2) is 66.7 Å². The summed E-state index contributed by atoms with van der Waals surface area (Å²) in [6, 6.07) is 13.5. The van der Waals surface area contributed by atoms with Crippen LogP contribution < -0.4 is 0 Å². The molecule has 6 nitrogen and oxygen atoms in total. The van der Waals surface area contributed by atoms with Crippen LogP contribution in [0.25, 0.3) is 0 Å². The average Bonchev–Trinajstić information content (AvgIpc) is 3.24. The van der Waals surface area contributed by atoms with Crippen molar-refractivity contribution in [2.75, 3.05) is 0 Å². The third kappa shape index (κ3) is 2.68. The van der Waals surface area contributed by atoms with E-state index in [0.29, 0.717) is 0 Å². The van der Waals surface area contributed by atoms with Crippen LogP contribution in [0.3, 0.4) is 0 Å². The highest BCUT2D eigenvalue weighted by Crippen LogP contribution is 2.54. The first kappa shape index (κ1) is 20.6. The number of rotatable bonds is 3. The summed E-state index contributed by atoms with van der Waals surface area (Å²) in [4.78, 5) is 49.3. The van der Waals surface area contributed by atoms with Crippen LogP contribution in [-0.2, 0) is 14.9 Å². The second-order valence-corrected chi connectivity index (χ2v) is 7.42. The minimum atomic E-state index is -5.14. The molecule has 5 rings (SSSR count). The molecule has 2 aliphatic heterocycles. The van der Waals surface area contributed by atoms with Crippen molar-refractivity contribution in [2.24, 2.45) is 0 Å². The molecule has 0 saturated carbocycles. The second-order valence-electron chi connectivity index (χ2n) is 7.42. The van der Waals surface area contributed by atoms with Crippen LogP contribution in [0.2, 0.25) is 0 Å². The van der Waals surface area contributed by atoms with E-state index in [1.54, 1.807) is 0 Å². The molecule has 164 valence electrons. The third-order valence-electron chi connectivity index (χ3n) is 5.79. The second kappa shape index (κ2) is 6.86. The van der Waals surface area contributed by atoms with Gasteiger partial charge in [-0.2, -0.15) is 13.2 Å². The minimum Gasteiger partial charge on any atom is -0.386 e. The summed E-state index contributed by atoms with van der Waals surface area (Å²) in [7, 11) is 0. The Morgan fingerprint density at radius 2 is 1.00 bits per heavy atom. The lowest BCUT2D eigenvalue weighted by Crippen LogP contribution is -2.46. The molecule has 0 aliphatic carbocycles. The molecule has 3 aromatic carbocycles. The lowest BCUT2D eigenvalue weighted by Gasteiger charge is -2.38. The lowest BCUT2D eigenvalue weighted by atomic mass is 9.65. The first-order chi connectivity index (χ1) is 15.7. The molecule has 0 radical (unpaired) electrons. The zero-order valence-corrected chi connectivity index (χ0v) is 16.4. The molecule has 2 aliphatic rings. The molecule has 3 aromatic rings. The smallest absolute Gasteiger partial charge is 0.386 e. The number of cyclic esters (lactones) is 4.